The number of carbonyl (C=O) groups excluding carboxylic acids is 2. The Morgan fingerprint density at radius 3 is 3.00 bits per heavy atom. The first-order valence-electron chi connectivity index (χ1n) is 7.25. The van der Waals surface area contributed by atoms with E-state index in [1.807, 2.05) is 0 Å². The van der Waals surface area contributed by atoms with Gasteiger partial charge in [-0.05, 0) is 33.8 Å². The van der Waals surface area contributed by atoms with Gasteiger partial charge in [-0.2, -0.15) is 0 Å². The number of thiophene rings is 1. The monoisotopic (exact) mass is 445 g/mol. The first-order chi connectivity index (χ1) is 12.0. The van der Waals surface area contributed by atoms with Crippen molar-refractivity contribution < 1.29 is 18.7 Å². The summed E-state index contributed by atoms with van der Waals surface area (Å²) in [5.74, 6) is -1.43. The minimum Gasteiger partial charge on any atom is -0.435 e. The maximum absolute atomic E-state index is 13.6. The lowest BCUT2D eigenvalue weighted by atomic mass is 10.4. The molecule has 2 aromatic rings. The number of nitrogens with zero attached hydrogens (tertiary/aromatic N) is 3. The highest BCUT2D eigenvalue weighted by Crippen LogP contribution is 2.32. The van der Waals surface area contributed by atoms with E-state index in [1.54, 1.807) is 17.2 Å². The van der Waals surface area contributed by atoms with Gasteiger partial charge in [0.2, 0.25) is 6.23 Å². The number of urea groups is 1. The molecule has 0 radical (unpaired) electrons. The third-order valence-corrected chi connectivity index (χ3v) is 5.81. The molecule has 0 saturated carbocycles. The number of carbonyl (C=O) groups is 2. The molecule has 3 rings (SSSR count). The van der Waals surface area contributed by atoms with Crippen molar-refractivity contribution in [3.8, 4) is 0 Å². The molecule has 1 saturated heterocycles. The number of hydrogen-bond donors (Lipinski definition) is 0. The van der Waals surface area contributed by atoms with Crippen LogP contribution < -0.4 is 4.90 Å². The van der Waals surface area contributed by atoms with Crippen LogP contribution in [-0.4, -0.2) is 41.2 Å². The van der Waals surface area contributed by atoms with Gasteiger partial charge in [0.15, 0.2) is 5.13 Å². The Morgan fingerprint density at radius 2 is 2.40 bits per heavy atom. The number of halogens is 2. The largest absolute Gasteiger partial charge is 0.435 e. The topological polar surface area (TPSA) is 62.7 Å². The Kier molecular flexibility index (Phi) is 5.50. The van der Waals surface area contributed by atoms with Gasteiger partial charge in [-0.25, -0.2) is 23.9 Å². The molecule has 0 N–H and O–H groups in total. The van der Waals surface area contributed by atoms with Crippen LogP contribution in [0.5, 0.6) is 0 Å². The molecule has 2 aromatic heterocycles. The van der Waals surface area contributed by atoms with Crippen molar-refractivity contribution in [2.24, 2.45) is 0 Å². The molecular formula is C15H13BrFN3O3S2. The van der Waals surface area contributed by atoms with Gasteiger partial charge in [0.1, 0.15) is 10.7 Å². The summed E-state index contributed by atoms with van der Waals surface area (Å²) in [5.41, 5.74) is 0. The number of anilines is 1. The molecule has 1 atom stereocenters. The molecule has 1 aliphatic heterocycles. The molecule has 3 heterocycles. The second-order valence-corrected chi connectivity index (χ2v) is 8.38. The summed E-state index contributed by atoms with van der Waals surface area (Å²) < 4.78 is 19.8. The maximum Gasteiger partial charge on any atom is 0.353 e. The van der Waals surface area contributed by atoms with Gasteiger partial charge in [-0.15, -0.1) is 17.9 Å². The average Bonchev–Trinajstić information content (AvgIpc) is 3.25. The quantitative estimate of drug-likeness (QED) is 0.495. The summed E-state index contributed by atoms with van der Waals surface area (Å²) in [5, 5.41) is 1.88. The summed E-state index contributed by atoms with van der Waals surface area (Å²) in [6.07, 6.45) is 3.01. The summed E-state index contributed by atoms with van der Waals surface area (Å²) in [6, 6.07) is 0.890. The molecule has 1 aliphatic rings. The zero-order valence-electron chi connectivity index (χ0n) is 12.9. The normalized spacial score (nSPS) is 17.2. The van der Waals surface area contributed by atoms with E-state index in [0.29, 0.717) is 18.1 Å². The van der Waals surface area contributed by atoms with Crippen LogP contribution in [0.1, 0.15) is 16.1 Å². The van der Waals surface area contributed by atoms with E-state index >= 15 is 0 Å². The molecule has 0 aliphatic carbocycles. The molecule has 1 fully saturated rings. The third-order valence-electron chi connectivity index (χ3n) is 3.46. The number of aromatic nitrogens is 1. The Labute approximate surface area is 159 Å². The van der Waals surface area contributed by atoms with E-state index < -0.39 is 18.0 Å². The third kappa shape index (κ3) is 3.75. The predicted molar refractivity (Wildman–Crippen MR) is 97.6 cm³/mol. The maximum atomic E-state index is 13.6. The van der Waals surface area contributed by atoms with Crippen LogP contribution in [0.25, 0.3) is 0 Å². The SMILES string of the molecule is C=CCCN1CC(OC(=O)c2sccc2F)N(c2ncc(Br)s2)C1=O. The fourth-order valence-corrected chi connectivity index (χ4v) is 4.19. The molecule has 2 amide bonds. The Morgan fingerprint density at radius 1 is 1.60 bits per heavy atom. The summed E-state index contributed by atoms with van der Waals surface area (Å²) in [6.45, 7) is 4.28. The second-order valence-electron chi connectivity index (χ2n) is 5.08. The summed E-state index contributed by atoms with van der Waals surface area (Å²) in [7, 11) is 0. The van der Waals surface area contributed by atoms with Gasteiger partial charge in [0.05, 0.1) is 16.5 Å². The van der Waals surface area contributed by atoms with Crippen molar-refractivity contribution in [1.29, 1.82) is 0 Å². The van der Waals surface area contributed by atoms with E-state index in [4.69, 9.17) is 4.74 Å². The molecule has 6 nitrogen and oxygen atoms in total. The van der Waals surface area contributed by atoms with Crippen LogP contribution >= 0.6 is 38.6 Å². The average molecular weight is 446 g/mol. The lowest BCUT2D eigenvalue weighted by Gasteiger charge is -2.19. The van der Waals surface area contributed by atoms with Crippen LogP contribution in [-0.2, 0) is 4.74 Å². The van der Waals surface area contributed by atoms with Crippen LogP contribution in [0, 0.1) is 5.82 Å². The number of esters is 1. The molecule has 25 heavy (non-hydrogen) atoms. The first kappa shape index (κ1) is 18.0. The van der Waals surface area contributed by atoms with E-state index in [2.05, 4.69) is 27.5 Å². The van der Waals surface area contributed by atoms with Crippen LogP contribution in [0.3, 0.4) is 0 Å². The smallest absolute Gasteiger partial charge is 0.353 e. The van der Waals surface area contributed by atoms with Gasteiger partial charge in [0.25, 0.3) is 0 Å². The number of hydrogen-bond acceptors (Lipinski definition) is 6. The highest BCUT2D eigenvalue weighted by Gasteiger charge is 2.42. The molecule has 0 spiro atoms. The van der Waals surface area contributed by atoms with E-state index in [-0.39, 0.29) is 17.5 Å². The lowest BCUT2D eigenvalue weighted by molar-refractivity contribution is 0.0327. The fraction of sp³-hybridized carbons (Fsp3) is 0.267. The van der Waals surface area contributed by atoms with Crippen LogP contribution in [0.4, 0.5) is 14.3 Å². The number of rotatable bonds is 6. The van der Waals surface area contributed by atoms with Crippen molar-refractivity contribution in [3.05, 3.63) is 44.8 Å². The predicted octanol–water partition coefficient (Wildman–Crippen LogP) is 4.11. The van der Waals surface area contributed by atoms with Crippen molar-refractivity contribution in [2.45, 2.75) is 12.6 Å². The summed E-state index contributed by atoms with van der Waals surface area (Å²) in [4.78, 5) is 31.8. The molecule has 1 unspecified atom stereocenters. The Hall–Kier alpha value is -1.78. The van der Waals surface area contributed by atoms with E-state index in [0.717, 1.165) is 15.1 Å². The first-order valence-corrected chi connectivity index (χ1v) is 9.74. The van der Waals surface area contributed by atoms with Gasteiger partial charge < -0.3 is 9.64 Å². The van der Waals surface area contributed by atoms with Crippen molar-refractivity contribution >= 4 is 55.7 Å². The number of ether oxygens (including phenoxy) is 1. The zero-order chi connectivity index (χ0) is 18.0. The summed E-state index contributed by atoms with van der Waals surface area (Å²) >= 11 is 5.51. The van der Waals surface area contributed by atoms with Crippen LogP contribution in [0.2, 0.25) is 0 Å². The van der Waals surface area contributed by atoms with Gasteiger partial charge in [-0.3, -0.25) is 0 Å². The molecule has 132 valence electrons. The lowest BCUT2D eigenvalue weighted by Crippen LogP contribution is -2.37. The Bertz CT molecular complexity index is 810. The number of amides is 2. The molecule has 10 heteroatoms. The van der Waals surface area contributed by atoms with Gasteiger partial charge in [-0.1, -0.05) is 17.4 Å². The molecule has 0 aromatic carbocycles. The fourth-order valence-electron chi connectivity index (χ4n) is 2.33. The van der Waals surface area contributed by atoms with Crippen molar-refractivity contribution in [1.82, 2.24) is 9.88 Å². The molecule has 0 bridgehead atoms. The standard InChI is InChI=1S/C15H13BrFN3O3S2/c1-2-3-5-19-8-11(23-13(21)12-9(17)4-6-24-12)20(15(19)22)14-18-7-10(16)25-14/h2,4,6-7,11H,1,3,5,8H2. The van der Waals surface area contributed by atoms with Gasteiger partial charge in [0, 0.05) is 6.54 Å². The number of thiazole rings is 1. The van der Waals surface area contributed by atoms with Crippen molar-refractivity contribution in [2.75, 3.05) is 18.0 Å². The minimum atomic E-state index is -0.871. The van der Waals surface area contributed by atoms with Crippen LogP contribution in [0.15, 0.2) is 34.1 Å². The van der Waals surface area contributed by atoms with E-state index in [9.17, 15) is 14.0 Å². The van der Waals surface area contributed by atoms with E-state index in [1.165, 1.54) is 27.7 Å². The Balaban J connectivity index is 1.83. The molecular weight excluding hydrogens is 433 g/mol. The van der Waals surface area contributed by atoms with Crippen molar-refractivity contribution in [3.63, 3.8) is 0 Å². The highest BCUT2D eigenvalue weighted by molar-refractivity contribution is 9.11. The second kappa shape index (κ2) is 7.63. The zero-order valence-corrected chi connectivity index (χ0v) is 16.1. The minimum absolute atomic E-state index is 0.114. The highest BCUT2D eigenvalue weighted by atomic mass is 79.9. The van der Waals surface area contributed by atoms with Gasteiger partial charge >= 0.3 is 12.0 Å².